The largest absolute Gasteiger partial charge is 0.377 e. The quantitative estimate of drug-likeness (QED) is 0.557. The average Bonchev–Trinajstić information content (AvgIpc) is 3.21. The van der Waals surface area contributed by atoms with E-state index in [1.165, 1.54) is 17.0 Å². The van der Waals surface area contributed by atoms with Crippen LogP contribution >= 0.6 is 11.6 Å². The van der Waals surface area contributed by atoms with E-state index in [0.717, 1.165) is 9.69 Å². The molecule has 2 aliphatic heterocycles. The monoisotopic (exact) mass is 550 g/mol. The minimum atomic E-state index is -4.28. The molecule has 2 aromatic rings. The maximum Gasteiger partial charge on any atom is 0.245 e. The molecule has 10 nitrogen and oxygen atoms in total. The lowest BCUT2D eigenvalue weighted by Gasteiger charge is -2.41. The molecule has 4 rings (SSSR count). The molecule has 2 saturated heterocycles. The van der Waals surface area contributed by atoms with E-state index in [9.17, 15) is 22.8 Å². The van der Waals surface area contributed by atoms with Gasteiger partial charge in [-0.05, 0) is 62.2 Å². The van der Waals surface area contributed by atoms with Crippen LogP contribution in [0, 0.1) is 0 Å². The van der Waals surface area contributed by atoms with Gasteiger partial charge in [0, 0.05) is 11.6 Å². The first kappa shape index (κ1) is 27.3. The Balaban J connectivity index is 1.61. The molecule has 0 saturated carbocycles. The molecule has 2 aromatic carbocycles. The standard InChI is InChI=1S/C25H31ClN4O6S/c1-15-13-36-14-16(2)30(15)24(32)17(3)28-9-8-22(25(28)33)29(12-23(27)31)37(34,35)21-7-5-18-10-20(26)6-4-19(18)11-21/h4-7,10-11,15-17,22H,8-9,12-14H2,1-3H3,(H2,27,31)/t15?,16?,17?,22-/m0/s1. The molecule has 3 amide bonds. The number of nitrogens with zero attached hydrogens (tertiary/aromatic N) is 3. The summed E-state index contributed by atoms with van der Waals surface area (Å²) in [6, 6.07) is 7.28. The Bertz CT molecular complexity index is 1330. The molecular formula is C25H31ClN4O6S. The Morgan fingerprint density at radius 1 is 1.14 bits per heavy atom. The Labute approximate surface area is 221 Å². The number of carbonyl (C=O) groups excluding carboxylic acids is 3. The zero-order valence-corrected chi connectivity index (χ0v) is 22.5. The number of rotatable bonds is 7. The second kappa shape index (κ2) is 10.6. The molecule has 200 valence electrons. The van der Waals surface area contributed by atoms with Crippen LogP contribution in [0.4, 0.5) is 0 Å². The summed E-state index contributed by atoms with van der Waals surface area (Å²) in [6.07, 6.45) is 0.125. The molecule has 12 heteroatoms. The van der Waals surface area contributed by atoms with Crippen molar-refractivity contribution >= 4 is 50.1 Å². The summed E-state index contributed by atoms with van der Waals surface area (Å²) in [4.78, 5) is 41.8. The molecular weight excluding hydrogens is 520 g/mol. The van der Waals surface area contributed by atoms with Gasteiger partial charge in [0.05, 0.1) is 36.7 Å². The van der Waals surface area contributed by atoms with Crippen LogP contribution in [0.3, 0.4) is 0 Å². The van der Waals surface area contributed by atoms with E-state index < -0.39 is 40.5 Å². The molecule has 3 unspecified atom stereocenters. The lowest BCUT2D eigenvalue weighted by Crippen LogP contribution is -2.58. The van der Waals surface area contributed by atoms with Crippen LogP contribution in [0.2, 0.25) is 5.02 Å². The average molecular weight is 551 g/mol. The molecule has 37 heavy (non-hydrogen) atoms. The van der Waals surface area contributed by atoms with Gasteiger partial charge in [0.15, 0.2) is 0 Å². The van der Waals surface area contributed by atoms with Gasteiger partial charge in [-0.15, -0.1) is 0 Å². The molecule has 2 aliphatic rings. The topological polar surface area (TPSA) is 130 Å². The third-order valence-corrected chi connectivity index (χ3v) is 9.08. The molecule has 0 aromatic heterocycles. The molecule has 2 N–H and O–H groups in total. The van der Waals surface area contributed by atoms with Gasteiger partial charge in [0.1, 0.15) is 12.1 Å². The number of nitrogens with two attached hydrogens (primary N) is 1. The van der Waals surface area contributed by atoms with Gasteiger partial charge in [-0.3, -0.25) is 14.4 Å². The maximum atomic E-state index is 13.7. The van der Waals surface area contributed by atoms with Crippen molar-refractivity contribution in [3.8, 4) is 0 Å². The van der Waals surface area contributed by atoms with Crippen molar-refractivity contribution in [2.45, 2.75) is 56.3 Å². The number of sulfonamides is 1. The number of hydrogen-bond acceptors (Lipinski definition) is 6. The number of benzene rings is 2. The van der Waals surface area contributed by atoms with E-state index in [-0.39, 0.29) is 35.9 Å². The highest BCUT2D eigenvalue weighted by molar-refractivity contribution is 7.89. The SMILES string of the molecule is CC(C(=O)N1C(C)COCC1C)N1CC[C@H](N(CC(N)=O)S(=O)(=O)c2ccc3cc(Cl)ccc3c2)C1=O. The molecule has 2 fully saturated rings. The second-order valence-corrected chi connectivity index (χ2v) is 12.0. The lowest BCUT2D eigenvalue weighted by atomic mass is 10.1. The summed E-state index contributed by atoms with van der Waals surface area (Å²) in [5, 5.41) is 1.89. The van der Waals surface area contributed by atoms with Crippen molar-refractivity contribution in [2.75, 3.05) is 26.3 Å². The predicted molar refractivity (Wildman–Crippen MR) is 138 cm³/mol. The van der Waals surface area contributed by atoms with Crippen molar-refractivity contribution in [3.05, 3.63) is 41.4 Å². The highest BCUT2D eigenvalue weighted by atomic mass is 35.5. The van der Waals surface area contributed by atoms with E-state index in [1.807, 2.05) is 13.8 Å². The molecule has 0 bridgehead atoms. The number of primary amides is 1. The first-order valence-electron chi connectivity index (χ1n) is 12.1. The normalized spacial score (nSPS) is 23.6. The van der Waals surface area contributed by atoms with E-state index in [4.69, 9.17) is 22.1 Å². The summed E-state index contributed by atoms with van der Waals surface area (Å²) in [5.41, 5.74) is 5.40. The first-order valence-corrected chi connectivity index (χ1v) is 13.9. The van der Waals surface area contributed by atoms with E-state index >= 15 is 0 Å². The molecule has 2 heterocycles. The zero-order valence-electron chi connectivity index (χ0n) is 21.0. The second-order valence-electron chi connectivity index (χ2n) is 9.66. The van der Waals surface area contributed by atoms with Crippen LogP contribution < -0.4 is 5.73 Å². The number of carbonyl (C=O) groups is 3. The Hall–Kier alpha value is -2.73. The van der Waals surface area contributed by atoms with Crippen LogP contribution in [-0.4, -0.2) is 90.7 Å². The summed E-state index contributed by atoms with van der Waals surface area (Å²) in [6.45, 7) is 5.72. The van der Waals surface area contributed by atoms with Crippen LogP contribution in [0.1, 0.15) is 27.2 Å². The summed E-state index contributed by atoms with van der Waals surface area (Å²) < 4.78 is 33.7. The van der Waals surface area contributed by atoms with Gasteiger partial charge in [0.2, 0.25) is 27.7 Å². The van der Waals surface area contributed by atoms with Crippen LogP contribution in [0.15, 0.2) is 41.3 Å². The van der Waals surface area contributed by atoms with Gasteiger partial charge in [-0.25, -0.2) is 8.42 Å². The van der Waals surface area contributed by atoms with Crippen LogP contribution in [0.25, 0.3) is 10.8 Å². The summed E-state index contributed by atoms with van der Waals surface area (Å²) in [5.74, 6) is -1.65. The van der Waals surface area contributed by atoms with Crippen molar-refractivity contribution in [1.29, 1.82) is 0 Å². The van der Waals surface area contributed by atoms with Gasteiger partial charge < -0.3 is 20.3 Å². The number of hydrogen-bond donors (Lipinski definition) is 1. The minimum absolute atomic E-state index is 0.0742. The highest BCUT2D eigenvalue weighted by Gasteiger charge is 2.46. The van der Waals surface area contributed by atoms with Gasteiger partial charge >= 0.3 is 0 Å². The van der Waals surface area contributed by atoms with Crippen molar-refractivity contribution < 1.29 is 27.5 Å². The lowest BCUT2D eigenvalue weighted by molar-refractivity contribution is -0.153. The van der Waals surface area contributed by atoms with Gasteiger partial charge in [-0.1, -0.05) is 23.7 Å². The predicted octanol–water partition coefficient (Wildman–Crippen LogP) is 1.59. The fraction of sp³-hybridized carbons (Fsp3) is 0.480. The van der Waals surface area contributed by atoms with Crippen molar-refractivity contribution in [2.24, 2.45) is 5.73 Å². The first-order chi connectivity index (χ1) is 17.4. The Kier molecular flexibility index (Phi) is 7.80. The number of amides is 3. The van der Waals surface area contributed by atoms with Gasteiger partial charge in [-0.2, -0.15) is 4.31 Å². The van der Waals surface area contributed by atoms with Crippen molar-refractivity contribution in [1.82, 2.24) is 14.1 Å². The fourth-order valence-corrected chi connectivity index (χ4v) is 6.93. The highest BCUT2D eigenvalue weighted by Crippen LogP contribution is 2.29. The molecule has 0 aliphatic carbocycles. The van der Waals surface area contributed by atoms with Crippen molar-refractivity contribution in [3.63, 3.8) is 0 Å². The summed E-state index contributed by atoms with van der Waals surface area (Å²) >= 11 is 6.03. The Morgan fingerprint density at radius 3 is 2.41 bits per heavy atom. The van der Waals surface area contributed by atoms with E-state index in [2.05, 4.69) is 0 Å². The number of ether oxygens (including phenoxy) is 1. The molecule has 0 spiro atoms. The smallest absolute Gasteiger partial charge is 0.245 e. The third-order valence-electron chi connectivity index (χ3n) is 7.00. The number of likely N-dealkylation sites (tertiary alicyclic amines) is 1. The third kappa shape index (κ3) is 5.31. The molecule has 0 radical (unpaired) electrons. The number of halogens is 1. The zero-order chi connectivity index (χ0) is 27.1. The minimum Gasteiger partial charge on any atom is -0.377 e. The summed E-state index contributed by atoms with van der Waals surface area (Å²) in [7, 11) is -4.28. The fourth-order valence-electron chi connectivity index (χ4n) is 5.13. The Morgan fingerprint density at radius 2 is 1.76 bits per heavy atom. The number of fused-ring (bicyclic) bond motifs is 1. The van der Waals surface area contributed by atoms with Crippen LogP contribution in [0.5, 0.6) is 0 Å². The van der Waals surface area contributed by atoms with Crippen LogP contribution in [-0.2, 0) is 29.1 Å². The maximum absolute atomic E-state index is 13.7. The van der Waals surface area contributed by atoms with E-state index in [1.54, 1.807) is 36.1 Å². The van der Waals surface area contributed by atoms with Gasteiger partial charge in [0.25, 0.3) is 0 Å². The van der Waals surface area contributed by atoms with E-state index in [0.29, 0.717) is 23.6 Å². The molecule has 4 atom stereocenters. The number of morpholine rings is 1.